The number of hydrogen-bond acceptors (Lipinski definition) is 1. The summed E-state index contributed by atoms with van der Waals surface area (Å²) in [7, 11) is 4.44. The van der Waals surface area contributed by atoms with Gasteiger partial charge in [0.05, 0.1) is 0 Å². The summed E-state index contributed by atoms with van der Waals surface area (Å²) in [5.74, 6) is 1.42. The van der Waals surface area contributed by atoms with Crippen molar-refractivity contribution in [2.45, 2.75) is 24.8 Å². The lowest BCUT2D eigenvalue weighted by atomic mass is 9.68. The largest absolute Gasteiger partial charge is 0.305 e. The Morgan fingerprint density at radius 1 is 1.18 bits per heavy atom. The van der Waals surface area contributed by atoms with Gasteiger partial charge in [-0.3, -0.25) is 0 Å². The molecule has 0 radical (unpaired) electrons. The Hall–Kier alpha value is -0.790. The normalized spacial score (nSPS) is 29.7. The summed E-state index contributed by atoms with van der Waals surface area (Å²) >= 11 is 0. The number of rotatable bonds is 1. The lowest BCUT2D eigenvalue weighted by Crippen LogP contribution is -2.45. The molecule has 0 heterocycles. The average Bonchev–Trinajstić information content (AvgIpc) is 2.28. The van der Waals surface area contributed by atoms with E-state index in [1.165, 1.54) is 12.8 Å². The van der Waals surface area contributed by atoms with Crippen molar-refractivity contribution >= 4 is 12.4 Å². The van der Waals surface area contributed by atoms with E-state index < -0.39 is 0 Å². The smallest absolute Gasteiger partial charge is 0.0227 e. The van der Waals surface area contributed by atoms with Crippen LogP contribution in [0.5, 0.6) is 0 Å². The number of benzene rings is 1. The maximum absolute atomic E-state index is 2.43. The van der Waals surface area contributed by atoms with Crippen LogP contribution in [-0.4, -0.2) is 25.0 Å². The third kappa shape index (κ3) is 2.02. The third-order valence-corrected chi connectivity index (χ3v) is 4.13. The standard InChI is InChI=1S/C15H19N.ClH/c1-16(2)15-12-7-5-9-14(15)13-8-4-3-6-11(13)10-12;/h3-8,12,14-15H,9-10H2,1-2H3;1H/t12-,14-,15-;/m1./s1. The molecule has 0 saturated heterocycles. The zero-order valence-electron chi connectivity index (χ0n) is 10.5. The van der Waals surface area contributed by atoms with Gasteiger partial charge in [-0.05, 0) is 44.0 Å². The molecule has 92 valence electrons. The van der Waals surface area contributed by atoms with Gasteiger partial charge >= 0.3 is 0 Å². The second-order valence-electron chi connectivity index (χ2n) is 5.29. The summed E-state index contributed by atoms with van der Waals surface area (Å²) < 4.78 is 0. The molecule has 2 aliphatic rings. The highest BCUT2D eigenvalue weighted by atomic mass is 35.5. The van der Waals surface area contributed by atoms with Crippen molar-refractivity contribution in [3.63, 3.8) is 0 Å². The Kier molecular flexibility index (Phi) is 3.60. The lowest BCUT2D eigenvalue weighted by molar-refractivity contribution is 0.180. The van der Waals surface area contributed by atoms with E-state index in [0.29, 0.717) is 17.9 Å². The van der Waals surface area contributed by atoms with Crippen molar-refractivity contribution in [3.05, 3.63) is 47.5 Å². The molecule has 1 aromatic carbocycles. The SMILES string of the molecule is CN(C)[C@@H]1[C@@H]2C=CC[C@@H]1c1ccccc1C2.Cl. The van der Waals surface area contributed by atoms with Crippen LogP contribution in [0.15, 0.2) is 36.4 Å². The van der Waals surface area contributed by atoms with Crippen molar-refractivity contribution in [2.24, 2.45) is 5.92 Å². The van der Waals surface area contributed by atoms with Crippen LogP contribution in [0.3, 0.4) is 0 Å². The molecule has 0 fully saturated rings. The van der Waals surface area contributed by atoms with Crippen LogP contribution >= 0.6 is 12.4 Å². The molecule has 0 aliphatic heterocycles. The molecule has 0 spiro atoms. The predicted molar refractivity (Wildman–Crippen MR) is 74.9 cm³/mol. The fourth-order valence-corrected chi connectivity index (χ4v) is 3.53. The van der Waals surface area contributed by atoms with Crippen molar-refractivity contribution in [1.29, 1.82) is 0 Å². The first-order chi connectivity index (χ1) is 7.77. The molecule has 0 N–H and O–H groups in total. The van der Waals surface area contributed by atoms with Crippen LogP contribution in [0, 0.1) is 5.92 Å². The fourth-order valence-electron chi connectivity index (χ4n) is 3.53. The quantitative estimate of drug-likeness (QED) is 0.691. The summed E-state index contributed by atoms with van der Waals surface area (Å²) in [5, 5.41) is 0. The monoisotopic (exact) mass is 249 g/mol. The van der Waals surface area contributed by atoms with E-state index >= 15 is 0 Å². The Balaban J connectivity index is 0.00000108. The topological polar surface area (TPSA) is 3.24 Å². The first-order valence-electron chi connectivity index (χ1n) is 6.18. The molecule has 2 aliphatic carbocycles. The molecule has 3 rings (SSSR count). The minimum atomic E-state index is 0. The highest BCUT2D eigenvalue weighted by Crippen LogP contribution is 2.42. The Morgan fingerprint density at radius 2 is 1.94 bits per heavy atom. The van der Waals surface area contributed by atoms with Crippen molar-refractivity contribution in [3.8, 4) is 0 Å². The fraction of sp³-hybridized carbons (Fsp3) is 0.467. The first kappa shape index (κ1) is 12.7. The number of hydrogen-bond donors (Lipinski definition) is 0. The highest BCUT2D eigenvalue weighted by molar-refractivity contribution is 5.85. The zero-order valence-corrected chi connectivity index (χ0v) is 11.3. The number of fused-ring (bicyclic) bond motifs is 4. The van der Waals surface area contributed by atoms with Gasteiger partial charge in [0.2, 0.25) is 0 Å². The summed E-state index contributed by atoms with van der Waals surface area (Å²) in [6.07, 6.45) is 7.23. The molecule has 2 bridgehead atoms. The van der Waals surface area contributed by atoms with Crippen LogP contribution in [0.4, 0.5) is 0 Å². The summed E-state index contributed by atoms with van der Waals surface area (Å²) in [4.78, 5) is 2.41. The van der Waals surface area contributed by atoms with Gasteiger partial charge in [0.25, 0.3) is 0 Å². The highest BCUT2D eigenvalue weighted by Gasteiger charge is 2.37. The molecule has 3 atom stereocenters. The zero-order chi connectivity index (χ0) is 11.1. The van der Waals surface area contributed by atoms with Crippen molar-refractivity contribution < 1.29 is 0 Å². The molecule has 17 heavy (non-hydrogen) atoms. The first-order valence-corrected chi connectivity index (χ1v) is 6.18. The number of allylic oxidation sites excluding steroid dienone is 1. The Labute approximate surface area is 110 Å². The second-order valence-corrected chi connectivity index (χ2v) is 5.29. The molecule has 2 heteroatoms. The number of halogens is 1. The van der Waals surface area contributed by atoms with Crippen LogP contribution in [-0.2, 0) is 6.42 Å². The maximum Gasteiger partial charge on any atom is 0.0227 e. The van der Waals surface area contributed by atoms with Gasteiger partial charge < -0.3 is 4.90 Å². The van der Waals surface area contributed by atoms with E-state index in [4.69, 9.17) is 0 Å². The van der Waals surface area contributed by atoms with Gasteiger partial charge in [-0.15, -0.1) is 12.4 Å². The maximum atomic E-state index is 2.43. The average molecular weight is 250 g/mol. The van der Waals surface area contributed by atoms with E-state index in [1.807, 2.05) is 0 Å². The molecule has 0 saturated carbocycles. The third-order valence-electron chi connectivity index (χ3n) is 4.13. The molecule has 0 amide bonds. The molecule has 0 unspecified atom stereocenters. The van der Waals surface area contributed by atoms with Gasteiger partial charge in [0.1, 0.15) is 0 Å². The van der Waals surface area contributed by atoms with Gasteiger partial charge in [0, 0.05) is 12.0 Å². The summed E-state index contributed by atoms with van der Waals surface area (Å²) in [6.45, 7) is 0. The molecular formula is C15H20ClN. The van der Waals surface area contributed by atoms with Crippen LogP contribution in [0.2, 0.25) is 0 Å². The lowest BCUT2D eigenvalue weighted by Gasteiger charge is -2.44. The van der Waals surface area contributed by atoms with E-state index in [2.05, 4.69) is 55.4 Å². The van der Waals surface area contributed by atoms with Crippen LogP contribution in [0.1, 0.15) is 23.5 Å². The minimum Gasteiger partial charge on any atom is -0.305 e. The van der Waals surface area contributed by atoms with Crippen LogP contribution < -0.4 is 0 Å². The van der Waals surface area contributed by atoms with Gasteiger partial charge in [-0.2, -0.15) is 0 Å². The Bertz CT molecular complexity index is 425. The Morgan fingerprint density at radius 3 is 2.71 bits per heavy atom. The van der Waals surface area contributed by atoms with Gasteiger partial charge in [0.15, 0.2) is 0 Å². The molecule has 1 aromatic rings. The second kappa shape index (κ2) is 4.83. The number of likely N-dealkylation sites (N-methyl/N-ethyl adjacent to an activating group) is 1. The minimum absolute atomic E-state index is 0. The van der Waals surface area contributed by atoms with Gasteiger partial charge in [-0.25, -0.2) is 0 Å². The molecular weight excluding hydrogens is 230 g/mol. The van der Waals surface area contributed by atoms with Crippen molar-refractivity contribution in [2.75, 3.05) is 14.1 Å². The van der Waals surface area contributed by atoms with Crippen LogP contribution in [0.25, 0.3) is 0 Å². The molecule has 0 aromatic heterocycles. The van der Waals surface area contributed by atoms with E-state index in [9.17, 15) is 0 Å². The van der Waals surface area contributed by atoms with Gasteiger partial charge in [-0.1, -0.05) is 36.4 Å². The van der Waals surface area contributed by atoms with E-state index in [-0.39, 0.29) is 12.4 Å². The molecule has 1 nitrogen and oxygen atoms in total. The van der Waals surface area contributed by atoms with Crippen molar-refractivity contribution in [1.82, 2.24) is 4.90 Å². The summed E-state index contributed by atoms with van der Waals surface area (Å²) in [6, 6.07) is 9.69. The van der Waals surface area contributed by atoms with E-state index in [1.54, 1.807) is 11.1 Å². The number of nitrogens with zero attached hydrogens (tertiary/aromatic N) is 1. The van der Waals surface area contributed by atoms with E-state index in [0.717, 1.165) is 0 Å². The predicted octanol–water partition coefficient (Wildman–Crippen LogP) is 3.25. The summed E-state index contributed by atoms with van der Waals surface area (Å²) in [5.41, 5.74) is 3.15.